The minimum atomic E-state index is -1.19. The highest BCUT2D eigenvalue weighted by atomic mass is 35.5. The van der Waals surface area contributed by atoms with E-state index in [1.165, 1.54) is 18.2 Å². The van der Waals surface area contributed by atoms with E-state index < -0.39 is 5.97 Å². The first-order valence-corrected chi connectivity index (χ1v) is 10.9. The van der Waals surface area contributed by atoms with E-state index >= 15 is 0 Å². The minimum Gasteiger partial charge on any atom is -0.497 e. The number of rotatable bonds is 10. The van der Waals surface area contributed by atoms with Crippen molar-refractivity contribution in [3.8, 4) is 17.2 Å². The van der Waals surface area contributed by atoms with Crippen molar-refractivity contribution in [3.63, 3.8) is 0 Å². The predicted molar refractivity (Wildman–Crippen MR) is 129 cm³/mol. The molecule has 34 heavy (non-hydrogen) atoms. The van der Waals surface area contributed by atoms with Crippen LogP contribution in [0.5, 0.6) is 17.2 Å². The van der Waals surface area contributed by atoms with Crippen molar-refractivity contribution >= 4 is 23.5 Å². The van der Waals surface area contributed by atoms with E-state index in [4.69, 9.17) is 25.8 Å². The van der Waals surface area contributed by atoms with Gasteiger partial charge in [0.2, 0.25) is 0 Å². The van der Waals surface area contributed by atoms with Crippen molar-refractivity contribution in [1.29, 1.82) is 0 Å². The topological polar surface area (TPSA) is 85.3 Å². The number of benzene rings is 3. The van der Waals surface area contributed by atoms with Crippen molar-refractivity contribution in [3.05, 3.63) is 88.4 Å². The lowest BCUT2D eigenvalue weighted by molar-refractivity contribution is -0.136. The summed E-state index contributed by atoms with van der Waals surface area (Å²) < 4.78 is 16.4. The van der Waals surface area contributed by atoms with Crippen LogP contribution in [0.4, 0.5) is 0 Å². The van der Waals surface area contributed by atoms with E-state index in [1.807, 2.05) is 43.3 Å². The molecule has 1 atom stereocenters. The Bertz CT molecular complexity index is 1150. The normalized spacial score (nSPS) is 11.4. The standard InChI is InChI=1S/C26H26ClNO6/c1-17(18-8-5-4-6-9-18)28(15-19-12-13-20(32-2)14-23(19)33-3)24(29)16-34-25-21(26(30)31)10-7-11-22(25)27/h4-14,17H,15-16H2,1-3H3,(H,30,31)/t17-/m0/s1. The Balaban J connectivity index is 1.90. The van der Waals surface area contributed by atoms with Crippen molar-refractivity contribution in [1.82, 2.24) is 4.90 Å². The third-order valence-electron chi connectivity index (χ3n) is 5.44. The van der Waals surface area contributed by atoms with Crippen LogP contribution in [-0.4, -0.2) is 42.7 Å². The monoisotopic (exact) mass is 483 g/mol. The molecule has 0 saturated heterocycles. The van der Waals surface area contributed by atoms with Crippen LogP contribution in [-0.2, 0) is 11.3 Å². The van der Waals surface area contributed by atoms with E-state index in [0.29, 0.717) is 11.5 Å². The summed E-state index contributed by atoms with van der Waals surface area (Å²) in [5, 5.41) is 9.56. The van der Waals surface area contributed by atoms with Crippen LogP contribution in [0.15, 0.2) is 66.7 Å². The largest absolute Gasteiger partial charge is 0.497 e. The van der Waals surface area contributed by atoms with Crippen LogP contribution in [0.3, 0.4) is 0 Å². The summed E-state index contributed by atoms with van der Waals surface area (Å²) in [7, 11) is 3.12. The van der Waals surface area contributed by atoms with Gasteiger partial charge < -0.3 is 24.2 Å². The average Bonchev–Trinajstić information content (AvgIpc) is 2.86. The van der Waals surface area contributed by atoms with Gasteiger partial charge in [-0.2, -0.15) is 0 Å². The second-order valence-corrected chi connectivity index (χ2v) is 7.90. The molecule has 0 unspecified atom stereocenters. The van der Waals surface area contributed by atoms with Crippen LogP contribution in [0, 0.1) is 0 Å². The summed E-state index contributed by atoms with van der Waals surface area (Å²) in [6.45, 7) is 1.76. The number of ether oxygens (including phenoxy) is 3. The molecule has 8 heteroatoms. The molecule has 0 bridgehead atoms. The first-order chi connectivity index (χ1) is 16.3. The first-order valence-electron chi connectivity index (χ1n) is 10.6. The molecule has 0 fully saturated rings. The maximum Gasteiger partial charge on any atom is 0.339 e. The van der Waals surface area contributed by atoms with Crippen LogP contribution in [0.2, 0.25) is 5.02 Å². The highest BCUT2D eigenvalue weighted by Crippen LogP contribution is 2.31. The Morgan fingerprint density at radius 2 is 1.74 bits per heavy atom. The van der Waals surface area contributed by atoms with Gasteiger partial charge in [0.05, 0.1) is 31.8 Å². The quantitative estimate of drug-likeness (QED) is 0.425. The second kappa shape index (κ2) is 11.4. The zero-order chi connectivity index (χ0) is 24.7. The third kappa shape index (κ3) is 5.80. The van der Waals surface area contributed by atoms with Crippen molar-refractivity contribution in [2.45, 2.75) is 19.5 Å². The van der Waals surface area contributed by atoms with Crippen molar-refractivity contribution in [2.75, 3.05) is 20.8 Å². The van der Waals surface area contributed by atoms with Gasteiger partial charge in [-0.25, -0.2) is 4.79 Å². The van der Waals surface area contributed by atoms with Gasteiger partial charge in [-0.05, 0) is 36.8 Å². The number of hydrogen-bond donors (Lipinski definition) is 1. The zero-order valence-corrected chi connectivity index (χ0v) is 19.9. The van der Waals surface area contributed by atoms with Crippen LogP contribution in [0.1, 0.15) is 34.5 Å². The lowest BCUT2D eigenvalue weighted by atomic mass is 10.1. The molecule has 7 nitrogen and oxygen atoms in total. The molecule has 0 spiro atoms. The summed E-state index contributed by atoms with van der Waals surface area (Å²) in [5.74, 6) is -0.359. The fourth-order valence-electron chi connectivity index (χ4n) is 3.56. The van der Waals surface area contributed by atoms with Crippen LogP contribution >= 0.6 is 11.6 Å². The Kier molecular flexibility index (Phi) is 8.38. The number of amides is 1. The molecule has 178 valence electrons. The molecule has 3 aromatic carbocycles. The second-order valence-electron chi connectivity index (χ2n) is 7.50. The fraction of sp³-hybridized carbons (Fsp3) is 0.231. The Hall–Kier alpha value is -3.71. The summed E-state index contributed by atoms with van der Waals surface area (Å²) in [6, 6.07) is 19.1. The minimum absolute atomic E-state index is 0.0423. The Labute approximate surface area is 203 Å². The number of carboxylic acids is 1. The summed E-state index contributed by atoms with van der Waals surface area (Å²) in [6.07, 6.45) is 0. The molecule has 0 heterocycles. The van der Waals surface area contributed by atoms with Gasteiger partial charge >= 0.3 is 5.97 Å². The zero-order valence-electron chi connectivity index (χ0n) is 19.2. The number of carbonyl (C=O) groups excluding carboxylic acids is 1. The van der Waals surface area contributed by atoms with Gasteiger partial charge in [0.1, 0.15) is 17.1 Å². The number of carbonyl (C=O) groups is 2. The van der Waals surface area contributed by atoms with E-state index in [1.54, 1.807) is 31.3 Å². The number of hydrogen-bond acceptors (Lipinski definition) is 5. The number of para-hydroxylation sites is 1. The lowest BCUT2D eigenvalue weighted by Crippen LogP contribution is -2.36. The highest BCUT2D eigenvalue weighted by Gasteiger charge is 2.25. The van der Waals surface area contributed by atoms with Gasteiger partial charge in [0, 0.05) is 11.6 Å². The molecule has 0 radical (unpaired) electrons. The van der Waals surface area contributed by atoms with E-state index in [2.05, 4.69) is 0 Å². The Morgan fingerprint density at radius 3 is 2.38 bits per heavy atom. The fourth-order valence-corrected chi connectivity index (χ4v) is 3.79. The van der Waals surface area contributed by atoms with Crippen LogP contribution in [0.25, 0.3) is 0 Å². The molecule has 0 aliphatic heterocycles. The summed E-state index contributed by atoms with van der Waals surface area (Å²) in [5.41, 5.74) is 1.61. The third-order valence-corrected chi connectivity index (χ3v) is 5.74. The van der Waals surface area contributed by atoms with Crippen LogP contribution < -0.4 is 14.2 Å². The lowest BCUT2D eigenvalue weighted by Gasteiger charge is -2.30. The van der Waals surface area contributed by atoms with E-state index in [0.717, 1.165) is 11.1 Å². The highest BCUT2D eigenvalue weighted by molar-refractivity contribution is 6.32. The van der Waals surface area contributed by atoms with Gasteiger partial charge in [0.15, 0.2) is 12.4 Å². The average molecular weight is 484 g/mol. The number of aromatic carboxylic acids is 1. The van der Waals surface area contributed by atoms with Gasteiger partial charge in [-0.1, -0.05) is 48.0 Å². The summed E-state index contributed by atoms with van der Waals surface area (Å²) >= 11 is 6.15. The summed E-state index contributed by atoms with van der Waals surface area (Å²) in [4.78, 5) is 26.6. The Morgan fingerprint density at radius 1 is 1.00 bits per heavy atom. The van der Waals surface area contributed by atoms with E-state index in [9.17, 15) is 14.7 Å². The maximum atomic E-state index is 13.4. The van der Waals surface area contributed by atoms with E-state index in [-0.39, 0.29) is 41.4 Å². The molecule has 0 aliphatic carbocycles. The molecular formula is C26H26ClNO6. The van der Waals surface area contributed by atoms with Gasteiger partial charge in [-0.3, -0.25) is 4.79 Å². The SMILES string of the molecule is COc1ccc(CN(C(=O)COc2c(Cl)cccc2C(=O)O)[C@@H](C)c2ccccc2)c(OC)c1. The molecule has 1 N–H and O–H groups in total. The molecule has 1 amide bonds. The number of nitrogens with zero attached hydrogens (tertiary/aromatic N) is 1. The molecular weight excluding hydrogens is 458 g/mol. The maximum absolute atomic E-state index is 13.4. The smallest absolute Gasteiger partial charge is 0.339 e. The van der Waals surface area contributed by atoms with Crippen molar-refractivity contribution < 1.29 is 28.9 Å². The van der Waals surface area contributed by atoms with Gasteiger partial charge in [0.25, 0.3) is 5.91 Å². The number of carboxylic acid groups (broad SMARTS) is 1. The molecule has 0 saturated carbocycles. The number of methoxy groups -OCH3 is 2. The molecule has 3 rings (SSSR count). The van der Waals surface area contributed by atoms with Gasteiger partial charge in [-0.15, -0.1) is 0 Å². The van der Waals surface area contributed by atoms with Crippen molar-refractivity contribution in [2.24, 2.45) is 0 Å². The molecule has 0 aromatic heterocycles. The number of halogens is 1. The molecule has 3 aromatic rings. The molecule has 0 aliphatic rings. The predicted octanol–water partition coefficient (Wildman–Crippen LogP) is 5.22. The first kappa shape index (κ1) is 24.9.